The van der Waals surface area contributed by atoms with Crippen LogP contribution in [-0.4, -0.2) is 17.1 Å². The van der Waals surface area contributed by atoms with Gasteiger partial charge in [0, 0.05) is 28.1 Å². The van der Waals surface area contributed by atoms with E-state index in [1.54, 1.807) is 0 Å². The van der Waals surface area contributed by atoms with Crippen LogP contribution in [0.15, 0.2) is 34.9 Å². The van der Waals surface area contributed by atoms with E-state index >= 15 is 0 Å². The molecule has 3 N–H and O–H groups in total. The van der Waals surface area contributed by atoms with Crippen LogP contribution in [0.25, 0.3) is 10.9 Å². The molecule has 3 nitrogen and oxygen atoms in total. The van der Waals surface area contributed by atoms with Crippen LogP contribution in [0.4, 0.5) is 5.69 Å². The Morgan fingerprint density at radius 1 is 1.19 bits per heavy atom. The highest BCUT2D eigenvalue weighted by molar-refractivity contribution is 9.10. The fraction of sp³-hybridized carbons (Fsp3) is 0.471. The van der Waals surface area contributed by atoms with Gasteiger partial charge in [0.15, 0.2) is 0 Å². The maximum atomic E-state index is 6.13. The number of benzene rings is 1. The van der Waals surface area contributed by atoms with Gasteiger partial charge in [-0.05, 0) is 40.9 Å². The van der Waals surface area contributed by atoms with Crippen molar-refractivity contribution in [1.29, 1.82) is 0 Å². The molecule has 1 heterocycles. The van der Waals surface area contributed by atoms with Crippen molar-refractivity contribution in [2.45, 2.75) is 44.1 Å². The van der Waals surface area contributed by atoms with Crippen molar-refractivity contribution >= 4 is 32.5 Å². The van der Waals surface area contributed by atoms with Gasteiger partial charge in [-0.25, -0.2) is 0 Å². The van der Waals surface area contributed by atoms with Gasteiger partial charge in [-0.1, -0.05) is 37.8 Å². The van der Waals surface area contributed by atoms with Gasteiger partial charge in [0.2, 0.25) is 0 Å². The molecule has 1 aromatic heterocycles. The van der Waals surface area contributed by atoms with E-state index in [2.05, 4.69) is 50.5 Å². The third-order valence-corrected chi connectivity index (χ3v) is 4.96. The molecule has 0 amide bonds. The molecule has 1 saturated carbocycles. The van der Waals surface area contributed by atoms with E-state index in [0.29, 0.717) is 6.54 Å². The molecular formula is C17H22BrN3. The molecule has 112 valence electrons. The monoisotopic (exact) mass is 347 g/mol. The highest BCUT2D eigenvalue weighted by Gasteiger charge is 2.29. The SMILES string of the molecule is NCC1(Nc2cccc3cc(Br)cnc23)CCCCCC1. The highest BCUT2D eigenvalue weighted by Crippen LogP contribution is 2.32. The van der Waals surface area contributed by atoms with Gasteiger partial charge in [0.1, 0.15) is 0 Å². The lowest BCUT2D eigenvalue weighted by molar-refractivity contribution is 0.418. The average molecular weight is 348 g/mol. The first-order chi connectivity index (χ1) is 10.2. The normalized spacial score (nSPS) is 18.4. The number of hydrogen-bond acceptors (Lipinski definition) is 3. The molecule has 0 atom stereocenters. The van der Waals surface area contributed by atoms with E-state index in [4.69, 9.17) is 5.73 Å². The number of nitrogens with zero attached hydrogens (tertiary/aromatic N) is 1. The van der Waals surface area contributed by atoms with Gasteiger partial charge < -0.3 is 11.1 Å². The number of para-hydroxylation sites is 1. The minimum atomic E-state index is 0.0273. The molecule has 1 fully saturated rings. The predicted molar refractivity (Wildman–Crippen MR) is 92.6 cm³/mol. The van der Waals surface area contributed by atoms with E-state index in [9.17, 15) is 0 Å². The fourth-order valence-electron chi connectivity index (χ4n) is 3.31. The van der Waals surface area contributed by atoms with Gasteiger partial charge in [0.25, 0.3) is 0 Å². The van der Waals surface area contributed by atoms with Crippen LogP contribution in [0.1, 0.15) is 38.5 Å². The molecular weight excluding hydrogens is 326 g/mol. The van der Waals surface area contributed by atoms with Crippen LogP contribution in [0.3, 0.4) is 0 Å². The first-order valence-electron chi connectivity index (χ1n) is 7.75. The summed E-state index contributed by atoms with van der Waals surface area (Å²) in [6.07, 6.45) is 9.32. The van der Waals surface area contributed by atoms with Gasteiger partial charge in [-0.3, -0.25) is 4.98 Å². The van der Waals surface area contributed by atoms with Crippen LogP contribution in [0, 0.1) is 0 Å². The second-order valence-electron chi connectivity index (χ2n) is 6.05. The van der Waals surface area contributed by atoms with Gasteiger partial charge in [-0.2, -0.15) is 0 Å². The largest absolute Gasteiger partial charge is 0.377 e. The molecule has 1 aliphatic rings. The van der Waals surface area contributed by atoms with E-state index in [-0.39, 0.29) is 5.54 Å². The second-order valence-corrected chi connectivity index (χ2v) is 6.97. The number of nitrogens with one attached hydrogen (secondary N) is 1. The topological polar surface area (TPSA) is 50.9 Å². The van der Waals surface area contributed by atoms with Crippen molar-refractivity contribution in [2.24, 2.45) is 5.73 Å². The highest BCUT2D eigenvalue weighted by atomic mass is 79.9. The molecule has 0 unspecified atom stereocenters. The number of rotatable bonds is 3. The number of hydrogen-bond donors (Lipinski definition) is 2. The Labute approximate surface area is 134 Å². The first-order valence-corrected chi connectivity index (χ1v) is 8.54. The van der Waals surface area contributed by atoms with Crippen molar-refractivity contribution in [3.63, 3.8) is 0 Å². The maximum Gasteiger partial charge on any atom is 0.0934 e. The number of fused-ring (bicyclic) bond motifs is 1. The minimum absolute atomic E-state index is 0.0273. The van der Waals surface area contributed by atoms with Crippen molar-refractivity contribution in [1.82, 2.24) is 4.98 Å². The van der Waals surface area contributed by atoms with Crippen molar-refractivity contribution in [3.05, 3.63) is 34.9 Å². The number of aromatic nitrogens is 1. The van der Waals surface area contributed by atoms with Gasteiger partial charge in [0.05, 0.1) is 11.2 Å². The third kappa shape index (κ3) is 3.22. The Bertz CT molecular complexity index is 618. The lowest BCUT2D eigenvalue weighted by atomic mass is 9.89. The number of nitrogens with two attached hydrogens (primary N) is 1. The molecule has 0 saturated heterocycles. The number of halogens is 1. The number of pyridine rings is 1. The summed E-state index contributed by atoms with van der Waals surface area (Å²) in [4.78, 5) is 4.58. The minimum Gasteiger partial charge on any atom is -0.377 e. The molecule has 4 heteroatoms. The maximum absolute atomic E-state index is 6.13. The van der Waals surface area contributed by atoms with Crippen LogP contribution in [0.5, 0.6) is 0 Å². The molecule has 1 aliphatic carbocycles. The Balaban J connectivity index is 1.96. The van der Waals surface area contributed by atoms with Crippen molar-refractivity contribution in [3.8, 4) is 0 Å². The van der Waals surface area contributed by atoms with Crippen LogP contribution < -0.4 is 11.1 Å². The molecule has 1 aromatic carbocycles. The molecule has 3 rings (SSSR count). The lowest BCUT2D eigenvalue weighted by Crippen LogP contribution is -2.45. The third-order valence-electron chi connectivity index (χ3n) is 4.53. The zero-order valence-electron chi connectivity index (χ0n) is 12.2. The molecule has 0 aliphatic heterocycles. The summed E-state index contributed by atoms with van der Waals surface area (Å²) in [5, 5.41) is 4.89. The Kier molecular flexibility index (Phi) is 4.45. The average Bonchev–Trinajstić information content (AvgIpc) is 2.73. The first kappa shape index (κ1) is 14.8. The fourth-order valence-corrected chi connectivity index (χ4v) is 3.65. The quantitative estimate of drug-likeness (QED) is 0.805. The van der Waals surface area contributed by atoms with Crippen molar-refractivity contribution in [2.75, 3.05) is 11.9 Å². The Morgan fingerprint density at radius 2 is 1.95 bits per heavy atom. The number of anilines is 1. The van der Waals surface area contributed by atoms with Crippen LogP contribution >= 0.6 is 15.9 Å². The van der Waals surface area contributed by atoms with E-state index in [1.807, 2.05) is 6.20 Å². The summed E-state index contributed by atoms with van der Waals surface area (Å²) < 4.78 is 1.01. The zero-order valence-corrected chi connectivity index (χ0v) is 13.8. The van der Waals surface area contributed by atoms with E-state index in [0.717, 1.165) is 33.9 Å². The summed E-state index contributed by atoms with van der Waals surface area (Å²) in [6, 6.07) is 8.40. The van der Waals surface area contributed by atoms with Crippen LogP contribution in [0.2, 0.25) is 0 Å². The molecule has 0 spiro atoms. The predicted octanol–water partition coefficient (Wildman–Crippen LogP) is 4.46. The second kappa shape index (κ2) is 6.32. The summed E-state index contributed by atoms with van der Waals surface area (Å²) in [6.45, 7) is 0.680. The van der Waals surface area contributed by atoms with E-state index in [1.165, 1.54) is 25.7 Å². The van der Waals surface area contributed by atoms with E-state index < -0.39 is 0 Å². The Hall–Kier alpha value is -1.13. The summed E-state index contributed by atoms with van der Waals surface area (Å²) in [7, 11) is 0. The standard InChI is InChI=1S/C17H22BrN3/c18-14-10-13-6-5-7-15(16(13)20-11-14)21-17(12-19)8-3-1-2-4-9-17/h5-7,10-11,21H,1-4,8-9,12,19H2. The smallest absolute Gasteiger partial charge is 0.0934 e. The van der Waals surface area contributed by atoms with Gasteiger partial charge >= 0.3 is 0 Å². The summed E-state index contributed by atoms with van der Waals surface area (Å²) in [5.41, 5.74) is 8.29. The summed E-state index contributed by atoms with van der Waals surface area (Å²) in [5.74, 6) is 0. The van der Waals surface area contributed by atoms with Gasteiger partial charge in [-0.15, -0.1) is 0 Å². The molecule has 2 aromatic rings. The Morgan fingerprint density at radius 3 is 2.67 bits per heavy atom. The molecule has 0 radical (unpaired) electrons. The van der Waals surface area contributed by atoms with Crippen LogP contribution in [-0.2, 0) is 0 Å². The lowest BCUT2D eigenvalue weighted by Gasteiger charge is -2.34. The van der Waals surface area contributed by atoms with Crippen molar-refractivity contribution < 1.29 is 0 Å². The summed E-state index contributed by atoms with van der Waals surface area (Å²) >= 11 is 3.49. The molecule has 0 bridgehead atoms. The zero-order chi connectivity index (χ0) is 14.7. The molecule has 21 heavy (non-hydrogen) atoms.